The van der Waals surface area contributed by atoms with Crippen LogP contribution in [0.5, 0.6) is 0 Å². The van der Waals surface area contributed by atoms with E-state index >= 15 is 0 Å². The predicted molar refractivity (Wildman–Crippen MR) is 72.9 cm³/mol. The Kier molecular flexibility index (Phi) is 6.78. The van der Waals surface area contributed by atoms with Crippen LogP contribution in [-0.4, -0.2) is 80.2 Å². The summed E-state index contributed by atoms with van der Waals surface area (Å²) >= 11 is 0. The summed E-state index contributed by atoms with van der Waals surface area (Å²) in [7, 11) is 3.49. The Morgan fingerprint density at radius 2 is 1.96 bits per heavy atom. The molecule has 1 atom stereocenters. The average Bonchev–Trinajstić information content (AvgIpc) is 2.43. The zero-order chi connectivity index (χ0) is 17.7. The second kappa shape index (κ2) is 7.93. The summed E-state index contributed by atoms with van der Waals surface area (Å²) < 4.78 is 43.1. The third-order valence-corrected chi connectivity index (χ3v) is 3.53. The summed E-state index contributed by atoms with van der Waals surface area (Å²) in [6, 6.07) is 0. The molecule has 2 fully saturated rings. The molecule has 2 saturated heterocycles. The summed E-state index contributed by atoms with van der Waals surface area (Å²) in [5.41, 5.74) is -0.00984. The zero-order valence-electron chi connectivity index (χ0n) is 13.0. The molecule has 23 heavy (non-hydrogen) atoms. The van der Waals surface area contributed by atoms with E-state index in [0.29, 0.717) is 0 Å². The van der Waals surface area contributed by atoms with Crippen LogP contribution in [0.2, 0.25) is 0 Å². The average molecular weight is 342 g/mol. The first kappa shape index (κ1) is 19.7. The fraction of sp³-hybridized carbons (Fsp3) is 0.846. The molecule has 1 spiro atoms. The Labute approximate surface area is 131 Å². The summed E-state index contributed by atoms with van der Waals surface area (Å²) in [5.74, 6) is -2.74. The van der Waals surface area contributed by atoms with Gasteiger partial charge in [0.25, 0.3) is 0 Å². The van der Waals surface area contributed by atoms with E-state index in [-0.39, 0.29) is 24.2 Å². The molecule has 0 saturated carbocycles. The predicted octanol–water partition coefficient (Wildman–Crippen LogP) is 0.245. The summed E-state index contributed by atoms with van der Waals surface area (Å²) in [6.45, 7) is 2.74. The van der Waals surface area contributed by atoms with E-state index in [4.69, 9.17) is 19.4 Å². The van der Waals surface area contributed by atoms with Gasteiger partial charge in [-0.15, -0.1) is 0 Å². The molecule has 0 aromatic carbocycles. The van der Waals surface area contributed by atoms with Gasteiger partial charge < -0.3 is 24.8 Å². The highest BCUT2D eigenvalue weighted by Gasteiger charge is 2.43. The van der Waals surface area contributed by atoms with Crippen LogP contribution >= 0.6 is 0 Å². The van der Waals surface area contributed by atoms with Crippen molar-refractivity contribution in [3.63, 3.8) is 0 Å². The maximum absolute atomic E-state index is 11.4. The van der Waals surface area contributed by atoms with Gasteiger partial charge in [0.2, 0.25) is 5.91 Å². The Bertz CT molecular complexity index is 424. The molecule has 1 amide bonds. The Hall–Kier alpha value is -1.39. The van der Waals surface area contributed by atoms with E-state index in [2.05, 4.69) is 5.32 Å². The number of rotatable bonds is 3. The third-order valence-electron chi connectivity index (χ3n) is 3.53. The fourth-order valence-electron chi connectivity index (χ4n) is 2.09. The number of ether oxygens (including phenoxy) is 2. The number of carbonyl (C=O) groups excluding carboxylic acids is 1. The smallest absolute Gasteiger partial charge is 0.475 e. The molecule has 1 unspecified atom stereocenters. The zero-order valence-corrected chi connectivity index (χ0v) is 13.0. The van der Waals surface area contributed by atoms with Crippen LogP contribution in [0, 0.1) is 0 Å². The minimum atomic E-state index is -5.08. The number of nitrogens with one attached hydrogen (secondary N) is 1. The van der Waals surface area contributed by atoms with Gasteiger partial charge in [0.15, 0.2) is 0 Å². The number of carboxylic acid groups (broad SMARTS) is 1. The van der Waals surface area contributed by atoms with Crippen molar-refractivity contribution in [2.75, 3.05) is 40.4 Å². The van der Waals surface area contributed by atoms with Crippen LogP contribution < -0.4 is 5.32 Å². The van der Waals surface area contributed by atoms with E-state index < -0.39 is 12.1 Å². The lowest BCUT2D eigenvalue weighted by molar-refractivity contribution is -0.192. The van der Waals surface area contributed by atoms with Gasteiger partial charge in [-0.1, -0.05) is 0 Å². The molecule has 0 aromatic heterocycles. The Balaban J connectivity index is 0.000000322. The number of hydrogen-bond acceptors (Lipinski definition) is 5. The number of halogens is 3. The lowest BCUT2D eigenvalue weighted by atomic mass is 9.87. The number of alkyl halides is 3. The van der Waals surface area contributed by atoms with Crippen molar-refractivity contribution in [1.29, 1.82) is 0 Å². The molecule has 2 rings (SSSR count). The van der Waals surface area contributed by atoms with Crippen molar-refractivity contribution in [2.24, 2.45) is 0 Å². The van der Waals surface area contributed by atoms with Gasteiger partial charge >= 0.3 is 12.1 Å². The van der Waals surface area contributed by atoms with Gasteiger partial charge in [0.1, 0.15) is 6.61 Å². The number of likely N-dealkylation sites (N-methyl/N-ethyl adjacent to an activating group) is 1. The van der Waals surface area contributed by atoms with E-state index in [1.54, 1.807) is 19.0 Å². The topological polar surface area (TPSA) is 88.1 Å². The highest BCUT2D eigenvalue weighted by molar-refractivity contribution is 5.76. The number of amides is 1. The molecule has 0 aliphatic carbocycles. The maximum Gasteiger partial charge on any atom is 0.490 e. The minimum absolute atomic E-state index is 0.00984. The molecule has 2 aliphatic rings. The number of aliphatic carboxylic acids is 1. The van der Waals surface area contributed by atoms with E-state index in [0.717, 1.165) is 32.5 Å². The number of hydrogen-bond donors (Lipinski definition) is 2. The highest BCUT2D eigenvalue weighted by Crippen LogP contribution is 2.30. The molecule has 2 N–H and O–H groups in total. The van der Waals surface area contributed by atoms with Crippen LogP contribution in [0.1, 0.15) is 12.8 Å². The SMILES string of the molecule is CN(C)C(=O)COC1CCOC2(CNC2)C1.O=C(O)C(F)(F)F. The number of carbonyl (C=O) groups is 2. The lowest BCUT2D eigenvalue weighted by Crippen LogP contribution is -2.64. The van der Waals surface area contributed by atoms with Crippen molar-refractivity contribution >= 4 is 11.9 Å². The Morgan fingerprint density at radius 3 is 2.35 bits per heavy atom. The first-order chi connectivity index (χ1) is 10.6. The quantitative estimate of drug-likeness (QED) is 0.764. The van der Waals surface area contributed by atoms with E-state index in [1.165, 1.54) is 0 Å². The van der Waals surface area contributed by atoms with Crippen LogP contribution in [-0.2, 0) is 19.1 Å². The molecule has 134 valence electrons. The standard InChI is InChI=1S/C11H20N2O3.C2HF3O2/c1-13(2)10(14)6-15-9-3-4-16-11(5-9)7-12-8-11;3-2(4,5)1(6)7/h9,12H,3-8H2,1-2H3;(H,6,7). The molecular formula is C13H21F3N2O5. The van der Waals surface area contributed by atoms with Crippen LogP contribution in [0.3, 0.4) is 0 Å². The lowest BCUT2D eigenvalue weighted by Gasteiger charge is -2.47. The largest absolute Gasteiger partial charge is 0.490 e. The molecule has 0 radical (unpaired) electrons. The molecular weight excluding hydrogens is 321 g/mol. The minimum Gasteiger partial charge on any atom is -0.475 e. The fourth-order valence-corrected chi connectivity index (χ4v) is 2.09. The molecule has 10 heteroatoms. The summed E-state index contributed by atoms with van der Waals surface area (Å²) in [6.07, 6.45) is -3.12. The second-order valence-electron chi connectivity index (χ2n) is 5.65. The number of nitrogens with zero attached hydrogens (tertiary/aromatic N) is 1. The van der Waals surface area contributed by atoms with Gasteiger partial charge in [0, 0.05) is 40.2 Å². The van der Waals surface area contributed by atoms with Crippen molar-refractivity contribution in [3.05, 3.63) is 0 Å². The first-order valence-electron chi connectivity index (χ1n) is 7.02. The normalized spacial score (nSPS) is 22.6. The van der Waals surface area contributed by atoms with Crippen molar-refractivity contribution in [1.82, 2.24) is 10.2 Å². The van der Waals surface area contributed by atoms with Gasteiger partial charge in [-0.2, -0.15) is 13.2 Å². The molecule has 0 bridgehead atoms. The van der Waals surface area contributed by atoms with Crippen molar-refractivity contribution in [2.45, 2.75) is 30.7 Å². The van der Waals surface area contributed by atoms with E-state index in [1.807, 2.05) is 0 Å². The van der Waals surface area contributed by atoms with Gasteiger partial charge in [-0.25, -0.2) is 4.79 Å². The van der Waals surface area contributed by atoms with Crippen LogP contribution in [0.4, 0.5) is 13.2 Å². The van der Waals surface area contributed by atoms with Crippen LogP contribution in [0.15, 0.2) is 0 Å². The molecule has 2 aliphatic heterocycles. The van der Waals surface area contributed by atoms with E-state index in [9.17, 15) is 18.0 Å². The summed E-state index contributed by atoms with van der Waals surface area (Å²) in [4.78, 5) is 21.8. The Morgan fingerprint density at radius 1 is 1.39 bits per heavy atom. The van der Waals surface area contributed by atoms with Crippen LogP contribution in [0.25, 0.3) is 0 Å². The van der Waals surface area contributed by atoms with Gasteiger partial charge in [0.05, 0.1) is 11.7 Å². The monoisotopic (exact) mass is 342 g/mol. The van der Waals surface area contributed by atoms with Gasteiger partial charge in [-0.3, -0.25) is 4.79 Å². The maximum atomic E-state index is 11.4. The van der Waals surface area contributed by atoms with Crippen molar-refractivity contribution in [3.8, 4) is 0 Å². The number of carboxylic acids is 1. The molecule has 7 nitrogen and oxygen atoms in total. The summed E-state index contributed by atoms with van der Waals surface area (Å²) in [5, 5.41) is 10.3. The highest BCUT2D eigenvalue weighted by atomic mass is 19.4. The first-order valence-corrected chi connectivity index (χ1v) is 7.02. The second-order valence-corrected chi connectivity index (χ2v) is 5.65. The van der Waals surface area contributed by atoms with Gasteiger partial charge in [-0.05, 0) is 6.42 Å². The molecule has 2 heterocycles. The third kappa shape index (κ3) is 6.32. The van der Waals surface area contributed by atoms with Crippen molar-refractivity contribution < 1.29 is 37.3 Å². The molecule has 0 aromatic rings.